The Morgan fingerprint density at radius 3 is 2.56 bits per heavy atom. The van der Waals surface area contributed by atoms with Crippen molar-refractivity contribution in [2.24, 2.45) is 5.10 Å². The van der Waals surface area contributed by atoms with Crippen molar-refractivity contribution in [3.8, 4) is 0 Å². The first-order valence-corrected chi connectivity index (χ1v) is 5.30. The Bertz CT molecular complexity index is 460. The molecule has 1 atom stereocenters. The summed E-state index contributed by atoms with van der Waals surface area (Å²) in [7, 11) is 0. The van der Waals surface area contributed by atoms with Gasteiger partial charge in [-0.2, -0.15) is 5.10 Å². The van der Waals surface area contributed by atoms with Crippen molar-refractivity contribution < 1.29 is 4.79 Å². The largest absolute Gasteiger partial charge is 0.272 e. The molecule has 0 fully saturated rings. The number of allylic oxidation sites excluding steroid dienone is 1. The van der Waals surface area contributed by atoms with Crippen LogP contribution >= 0.6 is 0 Å². The predicted octanol–water partition coefficient (Wildman–Crippen LogP) is 2.22. The highest BCUT2D eigenvalue weighted by Crippen LogP contribution is 2.19. The van der Waals surface area contributed by atoms with E-state index in [4.69, 9.17) is 0 Å². The van der Waals surface area contributed by atoms with Crippen LogP contribution in [0.3, 0.4) is 0 Å². The van der Waals surface area contributed by atoms with Crippen LogP contribution in [-0.4, -0.2) is 11.6 Å². The molecule has 0 bridgehead atoms. The number of amides is 1. The molecule has 2 rings (SSSR count). The Balaban J connectivity index is 2.25. The minimum Gasteiger partial charge on any atom is -0.267 e. The van der Waals surface area contributed by atoms with Gasteiger partial charge in [0.05, 0.1) is 11.3 Å². The van der Waals surface area contributed by atoms with Gasteiger partial charge in [0.2, 0.25) is 0 Å². The van der Waals surface area contributed by atoms with Gasteiger partial charge >= 0.3 is 0 Å². The molecule has 0 aliphatic carbocycles. The number of nitrogens with zero attached hydrogens (tertiary/aromatic N) is 1. The molecule has 0 spiro atoms. The summed E-state index contributed by atoms with van der Waals surface area (Å²) >= 11 is 0. The first kappa shape index (κ1) is 10.6. The second-order valence-corrected chi connectivity index (χ2v) is 3.92. The predicted molar refractivity (Wildman–Crippen MR) is 64.2 cm³/mol. The lowest BCUT2D eigenvalue weighted by Gasteiger charge is -2.07. The van der Waals surface area contributed by atoms with E-state index in [0.717, 1.165) is 5.71 Å². The van der Waals surface area contributed by atoms with E-state index in [1.165, 1.54) is 5.56 Å². The summed E-state index contributed by atoms with van der Waals surface area (Å²) in [6.45, 7) is 3.91. The van der Waals surface area contributed by atoms with Gasteiger partial charge in [0.1, 0.15) is 0 Å². The van der Waals surface area contributed by atoms with E-state index in [0.29, 0.717) is 5.57 Å². The lowest BCUT2D eigenvalue weighted by Crippen LogP contribution is -2.13. The van der Waals surface area contributed by atoms with Gasteiger partial charge in [-0.05, 0) is 12.5 Å². The fourth-order valence-electron chi connectivity index (χ4n) is 1.72. The Hall–Kier alpha value is -1.90. The molecule has 82 valence electrons. The van der Waals surface area contributed by atoms with Crippen LogP contribution in [0.1, 0.15) is 25.3 Å². The van der Waals surface area contributed by atoms with Gasteiger partial charge in [-0.3, -0.25) is 4.79 Å². The molecule has 3 nitrogen and oxygen atoms in total. The van der Waals surface area contributed by atoms with Crippen molar-refractivity contribution >= 4 is 11.6 Å². The van der Waals surface area contributed by atoms with Crippen LogP contribution in [0.25, 0.3) is 0 Å². The smallest absolute Gasteiger partial charge is 0.267 e. The van der Waals surface area contributed by atoms with Gasteiger partial charge < -0.3 is 0 Å². The summed E-state index contributed by atoms with van der Waals surface area (Å²) < 4.78 is 0. The number of hydrogen-bond donors (Lipinski definition) is 1. The Labute approximate surface area is 94.9 Å². The summed E-state index contributed by atoms with van der Waals surface area (Å²) in [5, 5.41) is 3.89. The highest BCUT2D eigenvalue weighted by Gasteiger charge is 2.19. The van der Waals surface area contributed by atoms with Crippen molar-refractivity contribution in [2.45, 2.75) is 19.8 Å². The fourth-order valence-corrected chi connectivity index (χ4v) is 1.72. The fraction of sp³-hybridized carbons (Fsp3) is 0.231. The highest BCUT2D eigenvalue weighted by atomic mass is 16.2. The Kier molecular flexibility index (Phi) is 2.86. The van der Waals surface area contributed by atoms with Crippen LogP contribution in [0.4, 0.5) is 0 Å². The topological polar surface area (TPSA) is 41.5 Å². The standard InChI is InChI=1S/C13H14N2O/c1-9(11-6-4-3-5-7-11)8-12-10(2)14-15-13(12)16/h3-9H,1-2H3,(H,15,16)/b12-8+. The number of rotatable bonds is 2. The average molecular weight is 214 g/mol. The molecule has 0 radical (unpaired) electrons. The number of hydrazone groups is 1. The summed E-state index contributed by atoms with van der Waals surface area (Å²) in [4.78, 5) is 11.5. The molecular weight excluding hydrogens is 200 g/mol. The molecule has 1 aromatic rings. The van der Waals surface area contributed by atoms with Gasteiger partial charge in [-0.25, -0.2) is 5.43 Å². The minimum absolute atomic E-state index is 0.111. The lowest BCUT2D eigenvalue weighted by molar-refractivity contribution is -0.116. The Morgan fingerprint density at radius 2 is 2.00 bits per heavy atom. The maximum atomic E-state index is 11.5. The van der Waals surface area contributed by atoms with Crippen molar-refractivity contribution in [3.05, 3.63) is 47.5 Å². The van der Waals surface area contributed by atoms with Crippen LogP contribution < -0.4 is 5.43 Å². The van der Waals surface area contributed by atoms with E-state index in [2.05, 4.69) is 29.6 Å². The number of nitrogens with one attached hydrogen (secondary N) is 1. The third kappa shape index (κ3) is 2.03. The first-order chi connectivity index (χ1) is 7.68. The molecule has 0 saturated heterocycles. The molecule has 0 saturated carbocycles. The SMILES string of the molecule is CC1=NNC(=O)/C1=C/C(C)c1ccccc1. The van der Waals surface area contributed by atoms with E-state index in [1.807, 2.05) is 31.2 Å². The molecule has 0 aromatic heterocycles. The normalized spacial score (nSPS) is 19.5. The number of carbonyl (C=O) groups is 1. The van der Waals surface area contributed by atoms with Gasteiger partial charge in [0.25, 0.3) is 5.91 Å². The molecule has 1 aromatic carbocycles. The average Bonchev–Trinajstić information content (AvgIpc) is 2.62. The highest BCUT2D eigenvalue weighted by molar-refractivity contribution is 6.23. The third-order valence-electron chi connectivity index (χ3n) is 2.70. The van der Waals surface area contributed by atoms with E-state index in [9.17, 15) is 4.79 Å². The molecular formula is C13H14N2O. The summed E-state index contributed by atoms with van der Waals surface area (Å²) in [5.41, 5.74) is 5.09. The molecule has 1 amide bonds. The van der Waals surface area contributed by atoms with Crippen LogP contribution in [0.5, 0.6) is 0 Å². The number of benzene rings is 1. The Morgan fingerprint density at radius 1 is 1.31 bits per heavy atom. The van der Waals surface area contributed by atoms with Gasteiger partial charge in [-0.1, -0.05) is 43.3 Å². The summed E-state index contributed by atoms with van der Waals surface area (Å²) in [6, 6.07) is 10.1. The molecule has 1 heterocycles. The summed E-state index contributed by atoms with van der Waals surface area (Å²) in [6.07, 6.45) is 1.95. The van der Waals surface area contributed by atoms with E-state index in [1.54, 1.807) is 0 Å². The molecule has 3 heteroatoms. The van der Waals surface area contributed by atoms with E-state index >= 15 is 0 Å². The second-order valence-electron chi connectivity index (χ2n) is 3.92. The lowest BCUT2D eigenvalue weighted by atomic mass is 9.97. The van der Waals surface area contributed by atoms with E-state index < -0.39 is 0 Å². The van der Waals surface area contributed by atoms with Crippen LogP contribution in [-0.2, 0) is 4.79 Å². The molecule has 1 N–H and O–H groups in total. The third-order valence-corrected chi connectivity index (χ3v) is 2.70. The monoisotopic (exact) mass is 214 g/mol. The van der Waals surface area contributed by atoms with E-state index in [-0.39, 0.29) is 11.8 Å². The second kappa shape index (κ2) is 4.31. The van der Waals surface area contributed by atoms with Crippen molar-refractivity contribution in [1.29, 1.82) is 0 Å². The van der Waals surface area contributed by atoms with Crippen molar-refractivity contribution in [1.82, 2.24) is 5.43 Å². The maximum absolute atomic E-state index is 11.5. The van der Waals surface area contributed by atoms with Crippen LogP contribution in [0.2, 0.25) is 0 Å². The van der Waals surface area contributed by atoms with Crippen LogP contribution in [0.15, 0.2) is 47.1 Å². The quantitative estimate of drug-likeness (QED) is 0.753. The minimum atomic E-state index is -0.111. The maximum Gasteiger partial charge on any atom is 0.272 e. The first-order valence-electron chi connectivity index (χ1n) is 5.30. The number of hydrogen-bond acceptors (Lipinski definition) is 2. The summed E-state index contributed by atoms with van der Waals surface area (Å²) in [5.74, 6) is 0.102. The molecule has 1 aliphatic rings. The zero-order valence-corrected chi connectivity index (χ0v) is 9.40. The van der Waals surface area contributed by atoms with Crippen molar-refractivity contribution in [3.63, 3.8) is 0 Å². The molecule has 1 unspecified atom stereocenters. The molecule has 16 heavy (non-hydrogen) atoms. The number of carbonyl (C=O) groups excluding carboxylic acids is 1. The zero-order valence-electron chi connectivity index (χ0n) is 9.40. The van der Waals surface area contributed by atoms with Gasteiger partial charge in [0, 0.05) is 5.92 Å². The van der Waals surface area contributed by atoms with Crippen LogP contribution in [0, 0.1) is 0 Å². The van der Waals surface area contributed by atoms with Gasteiger partial charge in [0.15, 0.2) is 0 Å². The zero-order chi connectivity index (χ0) is 11.5. The molecule has 1 aliphatic heterocycles. The van der Waals surface area contributed by atoms with Gasteiger partial charge in [-0.15, -0.1) is 0 Å². The van der Waals surface area contributed by atoms with Crippen molar-refractivity contribution in [2.75, 3.05) is 0 Å².